The van der Waals surface area contributed by atoms with Gasteiger partial charge in [-0.3, -0.25) is 0 Å². The van der Waals surface area contributed by atoms with Crippen LogP contribution in [0.25, 0.3) is 0 Å². The van der Waals surface area contributed by atoms with Crippen LogP contribution in [0, 0.1) is 5.92 Å². The van der Waals surface area contributed by atoms with E-state index in [4.69, 9.17) is 4.74 Å². The summed E-state index contributed by atoms with van der Waals surface area (Å²) in [6.45, 7) is 4.19. The third kappa shape index (κ3) is 2.66. The van der Waals surface area contributed by atoms with Gasteiger partial charge in [0, 0.05) is 24.7 Å². The maximum absolute atomic E-state index is 5.43. The number of nitrogens with one attached hydrogen (secondary N) is 1. The molecule has 1 heterocycles. The van der Waals surface area contributed by atoms with Crippen molar-refractivity contribution in [2.24, 2.45) is 5.92 Å². The van der Waals surface area contributed by atoms with Crippen LogP contribution in [0.5, 0.6) is 0 Å². The Kier molecular flexibility index (Phi) is 3.21. The lowest BCUT2D eigenvalue weighted by molar-refractivity contribution is 0.0783. The molecular weight excluding hydrogens is 210 g/mol. The van der Waals surface area contributed by atoms with Crippen molar-refractivity contribution in [1.29, 1.82) is 0 Å². The number of nitrogens with zero attached hydrogens (tertiary/aromatic N) is 2. The van der Waals surface area contributed by atoms with E-state index in [9.17, 15) is 0 Å². The van der Waals surface area contributed by atoms with Crippen molar-refractivity contribution in [2.45, 2.75) is 38.8 Å². The molecule has 1 saturated carbocycles. The lowest BCUT2D eigenvalue weighted by atomic mass is 10.2. The summed E-state index contributed by atoms with van der Waals surface area (Å²) in [5.41, 5.74) is 0. The first-order valence-electron chi connectivity index (χ1n) is 5.33. The van der Waals surface area contributed by atoms with Crippen LogP contribution < -0.4 is 5.32 Å². The summed E-state index contributed by atoms with van der Waals surface area (Å²) in [6.07, 6.45) is 2.58. The molecule has 1 aliphatic carbocycles. The van der Waals surface area contributed by atoms with Gasteiger partial charge in [-0.1, -0.05) is 0 Å². The van der Waals surface area contributed by atoms with Crippen molar-refractivity contribution in [3.05, 3.63) is 5.82 Å². The molecule has 1 fully saturated rings. The van der Waals surface area contributed by atoms with Crippen LogP contribution in [0.2, 0.25) is 0 Å². The predicted octanol–water partition coefficient (Wildman–Crippen LogP) is 2.46. The van der Waals surface area contributed by atoms with E-state index >= 15 is 0 Å². The van der Waals surface area contributed by atoms with Gasteiger partial charge < -0.3 is 10.1 Å². The SMILES string of the molecule is COC(c1nsc(NC(C)C)n1)C1CC1. The molecule has 0 amide bonds. The van der Waals surface area contributed by atoms with Gasteiger partial charge in [0.15, 0.2) is 5.82 Å². The highest BCUT2D eigenvalue weighted by molar-refractivity contribution is 7.09. The number of anilines is 1. The first kappa shape index (κ1) is 10.8. The van der Waals surface area contributed by atoms with E-state index in [0.29, 0.717) is 12.0 Å². The standard InChI is InChI=1S/C10H17N3OS/c1-6(2)11-10-12-9(13-15-10)8(14-3)7-4-5-7/h6-8H,4-5H2,1-3H3,(H,11,12,13). The van der Waals surface area contributed by atoms with E-state index < -0.39 is 0 Å². The van der Waals surface area contributed by atoms with Gasteiger partial charge in [0.05, 0.1) is 0 Å². The molecule has 0 saturated heterocycles. The second kappa shape index (κ2) is 4.45. The van der Waals surface area contributed by atoms with Crippen LogP contribution >= 0.6 is 11.5 Å². The fourth-order valence-corrected chi connectivity index (χ4v) is 2.31. The number of ether oxygens (including phenoxy) is 1. The molecule has 15 heavy (non-hydrogen) atoms. The molecule has 1 aliphatic rings. The summed E-state index contributed by atoms with van der Waals surface area (Å²) in [5, 5.41) is 4.14. The fraction of sp³-hybridized carbons (Fsp3) is 0.800. The van der Waals surface area contributed by atoms with Crippen LogP contribution in [0.4, 0.5) is 5.13 Å². The number of aromatic nitrogens is 2. The summed E-state index contributed by atoms with van der Waals surface area (Å²) in [7, 11) is 1.74. The zero-order chi connectivity index (χ0) is 10.8. The van der Waals surface area contributed by atoms with Crippen molar-refractivity contribution in [2.75, 3.05) is 12.4 Å². The van der Waals surface area contributed by atoms with Gasteiger partial charge in [-0.05, 0) is 32.6 Å². The molecular formula is C10H17N3OS. The largest absolute Gasteiger partial charge is 0.373 e. The fourth-order valence-electron chi connectivity index (χ4n) is 1.56. The topological polar surface area (TPSA) is 47.0 Å². The van der Waals surface area contributed by atoms with Crippen molar-refractivity contribution in [1.82, 2.24) is 9.36 Å². The molecule has 1 atom stereocenters. The summed E-state index contributed by atoms with van der Waals surface area (Å²) in [6, 6.07) is 0.396. The average Bonchev–Trinajstić information content (AvgIpc) is 2.89. The van der Waals surface area contributed by atoms with E-state index in [1.54, 1.807) is 7.11 Å². The summed E-state index contributed by atoms with van der Waals surface area (Å²) in [5.74, 6) is 1.48. The van der Waals surface area contributed by atoms with Crippen LogP contribution in [0.15, 0.2) is 0 Å². The highest BCUT2D eigenvalue weighted by Gasteiger charge is 2.35. The molecule has 1 N–H and O–H groups in total. The Hall–Kier alpha value is -0.680. The van der Waals surface area contributed by atoms with E-state index in [-0.39, 0.29) is 6.10 Å². The van der Waals surface area contributed by atoms with Crippen LogP contribution in [-0.4, -0.2) is 22.5 Å². The van der Waals surface area contributed by atoms with Crippen LogP contribution in [-0.2, 0) is 4.74 Å². The first-order valence-corrected chi connectivity index (χ1v) is 6.11. The quantitative estimate of drug-likeness (QED) is 0.839. The Balaban J connectivity index is 2.04. The molecule has 2 rings (SSSR count). The van der Waals surface area contributed by atoms with Crippen LogP contribution in [0.1, 0.15) is 38.6 Å². The van der Waals surface area contributed by atoms with Gasteiger partial charge in [0.2, 0.25) is 5.13 Å². The van der Waals surface area contributed by atoms with Gasteiger partial charge in [-0.25, -0.2) is 4.98 Å². The molecule has 0 bridgehead atoms. The van der Waals surface area contributed by atoms with Crippen molar-refractivity contribution >= 4 is 16.7 Å². The number of methoxy groups -OCH3 is 1. The predicted molar refractivity (Wildman–Crippen MR) is 61.1 cm³/mol. The summed E-state index contributed by atoms with van der Waals surface area (Å²) < 4.78 is 9.78. The molecule has 84 valence electrons. The highest BCUT2D eigenvalue weighted by atomic mass is 32.1. The Morgan fingerprint density at radius 2 is 2.20 bits per heavy atom. The second-order valence-corrected chi connectivity index (χ2v) is 5.00. The molecule has 5 heteroatoms. The maximum Gasteiger partial charge on any atom is 0.202 e. The molecule has 4 nitrogen and oxygen atoms in total. The van der Waals surface area contributed by atoms with Gasteiger partial charge in [0.25, 0.3) is 0 Å². The van der Waals surface area contributed by atoms with Crippen molar-refractivity contribution in [3.8, 4) is 0 Å². The number of rotatable bonds is 5. The van der Waals surface area contributed by atoms with E-state index in [2.05, 4.69) is 28.5 Å². The normalized spacial score (nSPS) is 18.1. The van der Waals surface area contributed by atoms with Gasteiger partial charge in [0.1, 0.15) is 6.10 Å². The second-order valence-electron chi connectivity index (χ2n) is 4.25. The van der Waals surface area contributed by atoms with Crippen LogP contribution in [0.3, 0.4) is 0 Å². The zero-order valence-corrected chi connectivity index (χ0v) is 10.2. The molecule has 1 aromatic heterocycles. The molecule has 0 spiro atoms. The molecule has 0 aromatic carbocycles. The average molecular weight is 227 g/mol. The molecule has 1 unspecified atom stereocenters. The Labute approximate surface area is 94.2 Å². The van der Waals surface area contributed by atoms with Gasteiger partial charge in [-0.2, -0.15) is 4.37 Å². The molecule has 0 radical (unpaired) electrons. The first-order chi connectivity index (χ1) is 7.20. The third-order valence-electron chi connectivity index (χ3n) is 2.41. The Morgan fingerprint density at radius 3 is 2.73 bits per heavy atom. The number of hydrogen-bond donors (Lipinski definition) is 1. The Morgan fingerprint density at radius 1 is 1.47 bits per heavy atom. The van der Waals surface area contributed by atoms with E-state index in [0.717, 1.165) is 11.0 Å². The number of hydrogen-bond acceptors (Lipinski definition) is 5. The smallest absolute Gasteiger partial charge is 0.202 e. The molecule has 0 aliphatic heterocycles. The molecule has 1 aromatic rings. The maximum atomic E-state index is 5.43. The minimum atomic E-state index is 0.101. The zero-order valence-electron chi connectivity index (χ0n) is 9.36. The van der Waals surface area contributed by atoms with Crippen molar-refractivity contribution in [3.63, 3.8) is 0 Å². The van der Waals surface area contributed by atoms with E-state index in [1.807, 2.05) is 0 Å². The van der Waals surface area contributed by atoms with E-state index in [1.165, 1.54) is 24.4 Å². The minimum absolute atomic E-state index is 0.101. The third-order valence-corrected chi connectivity index (χ3v) is 3.07. The minimum Gasteiger partial charge on any atom is -0.373 e. The van der Waals surface area contributed by atoms with Crippen molar-refractivity contribution < 1.29 is 4.74 Å². The lowest BCUT2D eigenvalue weighted by Crippen LogP contribution is -2.10. The highest BCUT2D eigenvalue weighted by Crippen LogP contribution is 2.42. The van der Waals surface area contributed by atoms with Gasteiger partial charge >= 0.3 is 0 Å². The lowest BCUT2D eigenvalue weighted by Gasteiger charge is -2.09. The Bertz CT molecular complexity index is 322. The monoisotopic (exact) mass is 227 g/mol. The summed E-state index contributed by atoms with van der Waals surface area (Å²) >= 11 is 1.41. The summed E-state index contributed by atoms with van der Waals surface area (Å²) in [4.78, 5) is 4.45. The van der Waals surface area contributed by atoms with Gasteiger partial charge in [-0.15, -0.1) is 0 Å².